The molecule has 2 saturated heterocycles. The summed E-state index contributed by atoms with van der Waals surface area (Å²) in [4.78, 5) is 20.0. The molecule has 3 heterocycles. The number of hydrogen-bond acceptors (Lipinski definition) is 4. The Morgan fingerprint density at radius 1 is 1.46 bits per heavy atom. The van der Waals surface area contributed by atoms with Gasteiger partial charge < -0.3 is 9.64 Å². The summed E-state index contributed by atoms with van der Waals surface area (Å²) < 4.78 is 32.9. The number of hydrogen-bond donors (Lipinski definition) is 0. The molecule has 7 heteroatoms. The first-order valence-electron chi connectivity index (χ1n) is 8.33. The van der Waals surface area contributed by atoms with Crippen molar-refractivity contribution < 1.29 is 18.3 Å². The molecule has 3 rings (SSSR count). The maximum absolute atomic E-state index is 13.8. The van der Waals surface area contributed by atoms with Crippen LogP contribution in [0, 0.1) is 6.92 Å². The maximum Gasteiger partial charge on any atom is 0.262 e. The Kier molecular flexibility index (Phi) is 4.83. The zero-order valence-corrected chi connectivity index (χ0v) is 14.0. The fourth-order valence-electron chi connectivity index (χ4n) is 3.45. The SMILES string of the molecule is CCOC[C@@H]1CC(F)(F)CN1C1CN(C(=O)c2ccnc(C)c2)C1. The summed E-state index contributed by atoms with van der Waals surface area (Å²) >= 11 is 0. The van der Waals surface area contributed by atoms with Gasteiger partial charge in [-0.15, -0.1) is 0 Å². The summed E-state index contributed by atoms with van der Waals surface area (Å²) in [5, 5.41) is 0. The Labute approximate surface area is 140 Å². The van der Waals surface area contributed by atoms with Crippen LogP contribution in [0.15, 0.2) is 18.3 Å². The lowest BCUT2D eigenvalue weighted by atomic mass is 10.0. The van der Waals surface area contributed by atoms with Crippen LogP contribution in [0.25, 0.3) is 0 Å². The number of carbonyl (C=O) groups is 1. The Balaban J connectivity index is 1.59. The van der Waals surface area contributed by atoms with Gasteiger partial charge in [0.25, 0.3) is 11.8 Å². The minimum absolute atomic E-state index is 0.0179. The van der Waals surface area contributed by atoms with E-state index in [1.54, 1.807) is 23.2 Å². The van der Waals surface area contributed by atoms with Crippen molar-refractivity contribution in [3.63, 3.8) is 0 Å². The first-order valence-corrected chi connectivity index (χ1v) is 8.33. The van der Waals surface area contributed by atoms with E-state index in [9.17, 15) is 13.6 Å². The lowest BCUT2D eigenvalue weighted by molar-refractivity contribution is -0.0148. The molecule has 0 unspecified atom stereocenters. The van der Waals surface area contributed by atoms with Crippen LogP contribution < -0.4 is 0 Å². The molecule has 1 atom stereocenters. The predicted octanol–water partition coefficient (Wildman–Crippen LogP) is 1.96. The van der Waals surface area contributed by atoms with Crippen molar-refractivity contribution >= 4 is 5.91 Å². The largest absolute Gasteiger partial charge is 0.380 e. The van der Waals surface area contributed by atoms with Crippen molar-refractivity contribution in [3.8, 4) is 0 Å². The van der Waals surface area contributed by atoms with Gasteiger partial charge in [-0.05, 0) is 26.0 Å². The van der Waals surface area contributed by atoms with Crippen LogP contribution in [-0.2, 0) is 4.74 Å². The Bertz CT molecular complexity index is 605. The molecule has 2 aliphatic heterocycles. The van der Waals surface area contributed by atoms with E-state index in [2.05, 4.69) is 4.98 Å². The Morgan fingerprint density at radius 2 is 2.21 bits per heavy atom. The normalized spacial score (nSPS) is 24.2. The van der Waals surface area contributed by atoms with Crippen LogP contribution in [0.1, 0.15) is 29.4 Å². The number of likely N-dealkylation sites (tertiary alicyclic amines) is 2. The third-order valence-corrected chi connectivity index (χ3v) is 4.69. The number of aromatic nitrogens is 1. The van der Waals surface area contributed by atoms with Crippen molar-refractivity contribution in [1.82, 2.24) is 14.8 Å². The van der Waals surface area contributed by atoms with Gasteiger partial charge in [-0.3, -0.25) is 14.7 Å². The predicted molar refractivity (Wildman–Crippen MR) is 85.2 cm³/mol. The maximum atomic E-state index is 13.8. The van der Waals surface area contributed by atoms with Crippen LogP contribution in [0.4, 0.5) is 8.78 Å². The highest BCUT2D eigenvalue weighted by atomic mass is 19.3. The van der Waals surface area contributed by atoms with Crippen LogP contribution >= 0.6 is 0 Å². The van der Waals surface area contributed by atoms with E-state index < -0.39 is 5.92 Å². The number of ether oxygens (including phenoxy) is 1. The molecule has 0 N–H and O–H groups in total. The van der Waals surface area contributed by atoms with Crippen LogP contribution in [0.2, 0.25) is 0 Å². The van der Waals surface area contributed by atoms with Crippen molar-refractivity contribution in [3.05, 3.63) is 29.6 Å². The molecule has 2 aliphatic rings. The second-order valence-electron chi connectivity index (χ2n) is 6.60. The van der Waals surface area contributed by atoms with Gasteiger partial charge in [0.2, 0.25) is 0 Å². The van der Waals surface area contributed by atoms with Crippen LogP contribution in [0.3, 0.4) is 0 Å². The summed E-state index contributed by atoms with van der Waals surface area (Å²) in [6.07, 6.45) is 1.44. The van der Waals surface area contributed by atoms with Gasteiger partial charge in [-0.25, -0.2) is 8.78 Å². The highest BCUT2D eigenvalue weighted by molar-refractivity contribution is 5.94. The van der Waals surface area contributed by atoms with Crippen molar-refractivity contribution in [1.29, 1.82) is 0 Å². The summed E-state index contributed by atoms with van der Waals surface area (Å²) in [6.45, 7) is 5.26. The number of carbonyl (C=O) groups excluding carboxylic acids is 1. The Morgan fingerprint density at radius 3 is 2.88 bits per heavy atom. The van der Waals surface area contributed by atoms with Gasteiger partial charge in [0.1, 0.15) is 0 Å². The molecule has 2 fully saturated rings. The van der Waals surface area contributed by atoms with E-state index in [0.29, 0.717) is 31.9 Å². The molecule has 24 heavy (non-hydrogen) atoms. The number of halogens is 2. The lowest BCUT2D eigenvalue weighted by Gasteiger charge is -2.45. The summed E-state index contributed by atoms with van der Waals surface area (Å²) in [7, 11) is 0. The number of pyridine rings is 1. The molecule has 5 nitrogen and oxygen atoms in total. The molecule has 1 aromatic heterocycles. The molecule has 0 bridgehead atoms. The molecule has 132 valence electrons. The molecular weight excluding hydrogens is 316 g/mol. The first kappa shape index (κ1) is 17.2. The van der Waals surface area contributed by atoms with Crippen molar-refractivity contribution in [2.75, 3.05) is 32.8 Å². The number of nitrogens with zero attached hydrogens (tertiary/aromatic N) is 3. The standard InChI is InChI=1S/C17H23F2N3O2/c1-3-24-10-14-7-17(18,19)11-22(14)15-8-21(9-15)16(23)13-4-5-20-12(2)6-13/h4-6,14-15H,3,7-11H2,1-2H3/t14-/m0/s1. The highest BCUT2D eigenvalue weighted by Gasteiger charge is 2.50. The van der Waals surface area contributed by atoms with E-state index in [0.717, 1.165) is 5.69 Å². The zero-order chi connectivity index (χ0) is 17.3. The minimum Gasteiger partial charge on any atom is -0.380 e. The van der Waals surface area contributed by atoms with Gasteiger partial charge in [0, 0.05) is 55.7 Å². The van der Waals surface area contributed by atoms with Gasteiger partial charge in [0.05, 0.1) is 13.2 Å². The topological polar surface area (TPSA) is 45.7 Å². The third-order valence-electron chi connectivity index (χ3n) is 4.69. The van der Waals surface area contributed by atoms with Gasteiger partial charge in [-0.1, -0.05) is 0 Å². The number of amides is 1. The smallest absolute Gasteiger partial charge is 0.262 e. The Hall–Kier alpha value is -1.60. The molecule has 1 amide bonds. The second-order valence-corrected chi connectivity index (χ2v) is 6.60. The summed E-state index contributed by atoms with van der Waals surface area (Å²) in [5.74, 6) is -2.74. The average Bonchev–Trinajstić information content (AvgIpc) is 2.78. The first-order chi connectivity index (χ1) is 11.4. The van der Waals surface area contributed by atoms with E-state index in [1.807, 2.05) is 18.7 Å². The zero-order valence-electron chi connectivity index (χ0n) is 14.0. The third kappa shape index (κ3) is 3.57. The molecule has 1 aromatic rings. The molecule has 0 spiro atoms. The molecule has 0 radical (unpaired) electrons. The highest BCUT2D eigenvalue weighted by Crippen LogP contribution is 2.35. The molecule has 0 aromatic carbocycles. The fraction of sp³-hybridized carbons (Fsp3) is 0.647. The van der Waals surface area contributed by atoms with Crippen LogP contribution in [-0.4, -0.2) is 71.5 Å². The van der Waals surface area contributed by atoms with Gasteiger partial charge >= 0.3 is 0 Å². The molecule has 0 saturated carbocycles. The van der Waals surface area contributed by atoms with E-state index in [-0.39, 0.29) is 31.0 Å². The number of aryl methyl sites for hydroxylation is 1. The van der Waals surface area contributed by atoms with Crippen molar-refractivity contribution in [2.45, 2.75) is 38.3 Å². The van der Waals surface area contributed by atoms with Gasteiger partial charge in [-0.2, -0.15) is 0 Å². The summed E-state index contributed by atoms with van der Waals surface area (Å²) in [5.41, 5.74) is 1.38. The van der Waals surface area contributed by atoms with E-state index in [1.165, 1.54) is 0 Å². The minimum atomic E-state index is -2.67. The number of alkyl halides is 2. The molecule has 0 aliphatic carbocycles. The summed E-state index contributed by atoms with van der Waals surface area (Å²) in [6, 6.07) is 3.14. The van der Waals surface area contributed by atoms with Crippen molar-refractivity contribution in [2.24, 2.45) is 0 Å². The van der Waals surface area contributed by atoms with E-state index in [4.69, 9.17) is 4.74 Å². The lowest BCUT2D eigenvalue weighted by Crippen LogP contribution is -2.62. The average molecular weight is 339 g/mol. The molecular formula is C17H23F2N3O2. The quantitative estimate of drug-likeness (QED) is 0.823. The number of rotatable bonds is 5. The van der Waals surface area contributed by atoms with Gasteiger partial charge in [0.15, 0.2) is 0 Å². The fourth-order valence-corrected chi connectivity index (χ4v) is 3.45. The van der Waals surface area contributed by atoms with Crippen LogP contribution in [0.5, 0.6) is 0 Å². The van der Waals surface area contributed by atoms with E-state index >= 15 is 0 Å². The second kappa shape index (κ2) is 6.72. The monoisotopic (exact) mass is 339 g/mol.